The van der Waals surface area contributed by atoms with Crippen molar-refractivity contribution in [3.05, 3.63) is 48.7 Å². The summed E-state index contributed by atoms with van der Waals surface area (Å²) in [6.07, 6.45) is 4.99. The number of para-hydroxylation sites is 1. The highest BCUT2D eigenvalue weighted by Crippen LogP contribution is 2.34. The first-order valence-electron chi connectivity index (χ1n) is 13.1. The van der Waals surface area contributed by atoms with Crippen LogP contribution < -0.4 is 10.2 Å². The van der Waals surface area contributed by atoms with E-state index >= 15 is 4.39 Å². The molecule has 1 aromatic carbocycles. The zero-order valence-corrected chi connectivity index (χ0v) is 22.1. The lowest BCUT2D eigenvalue weighted by molar-refractivity contribution is -0.116. The summed E-state index contributed by atoms with van der Waals surface area (Å²) in [6.45, 7) is 7.74. The lowest BCUT2D eigenvalue weighted by Crippen LogP contribution is -2.44. The van der Waals surface area contributed by atoms with Gasteiger partial charge in [-0.3, -0.25) is 19.9 Å². The normalized spacial score (nSPS) is 14.5. The number of imidazole rings is 1. The maximum Gasteiger partial charge on any atom is 0.224 e. The van der Waals surface area contributed by atoms with Gasteiger partial charge in [-0.15, -0.1) is 0 Å². The Bertz CT molecular complexity index is 1670. The Morgan fingerprint density at radius 3 is 2.72 bits per heavy atom. The van der Waals surface area contributed by atoms with Crippen LogP contribution in [0.1, 0.15) is 20.3 Å². The number of benzene rings is 1. The van der Waals surface area contributed by atoms with Gasteiger partial charge in [-0.25, -0.2) is 9.37 Å². The second-order valence-corrected chi connectivity index (χ2v) is 10.4. The Hall–Kier alpha value is -4.38. The third-order valence-corrected chi connectivity index (χ3v) is 6.99. The molecule has 1 fully saturated rings. The molecule has 1 saturated heterocycles. The van der Waals surface area contributed by atoms with Crippen LogP contribution in [0.25, 0.3) is 44.7 Å². The highest BCUT2D eigenvalue weighted by molar-refractivity contribution is 5.97. The van der Waals surface area contributed by atoms with Crippen LogP contribution >= 0.6 is 0 Å². The highest BCUT2D eigenvalue weighted by atomic mass is 19.1. The molecule has 200 valence electrons. The molecule has 0 aliphatic carbocycles. The van der Waals surface area contributed by atoms with Crippen LogP contribution in [0.4, 0.5) is 15.8 Å². The molecule has 1 amide bonds. The molecular weight excluding hydrogens is 497 g/mol. The van der Waals surface area contributed by atoms with Crippen LogP contribution in [-0.2, 0) is 4.79 Å². The smallest absolute Gasteiger partial charge is 0.224 e. The number of aromatic amines is 2. The molecule has 0 radical (unpaired) electrons. The van der Waals surface area contributed by atoms with E-state index in [4.69, 9.17) is 4.98 Å². The van der Waals surface area contributed by atoms with Gasteiger partial charge >= 0.3 is 0 Å². The summed E-state index contributed by atoms with van der Waals surface area (Å²) in [5, 5.41) is 10.4. The van der Waals surface area contributed by atoms with Crippen molar-refractivity contribution >= 4 is 39.2 Å². The molecule has 0 atom stereocenters. The second-order valence-electron chi connectivity index (χ2n) is 10.4. The predicted octanol–water partition coefficient (Wildman–Crippen LogP) is 4.44. The van der Waals surface area contributed by atoms with Crippen LogP contribution in [-0.4, -0.2) is 74.2 Å². The van der Waals surface area contributed by atoms with Gasteiger partial charge in [0.2, 0.25) is 5.91 Å². The number of halogens is 1. The number of pyridine rings is 2. The summed E-state index contributed by atoms with van der Waals surface area (Å²) in [5.41, 5.74) is 4.63. The third kappa shape index (κ3) is 4.81. The Morgan fingerprint density at radius 1 is 1.10 bits per heavy atom. The highest BCUT2D eigenvalue weighted by Gasteiger charge is 2.23. The van der Waals surface area contributed by atoms with Gasteiger partial charge in [-0.05, 0) is 31.2 Å². The molecular formula is C28H30FN9O. The van der Waals surface area contributed by atoms with E-state index in [0.29, 0.717) is 34.7 Å². The molecule has 0 saturated carbocycles. The fraction of sp³-hybridized carbons (Fsp3) is 0.321. The van der Waals surface area contributed by atoms with E-state index in [0.717, 1.165) is 42.9 Å². The van der Waals surface area contributed by atoms with Gasteiger partial charge in [-0.1, -0.05) is 19.9 Å². The molecule has 10 nitrogen and oxygen atoms in total. The number of rotatable bonds is 6. The number of hydrogen-bond acceptors (Lipinski definition) is 7. The summed E-state index contributed by atoms with van der Waals surface area (Å²) in [7, 11) is 2.13. The van der Waals surface area contributed by atoms with E-state index in [1.54, 1.807) is 12.3 Å². The Morgan fingerprint density at radius 2 is 1.92 bits per heavy atom. The van der Waals surface area contributed by atoms with Crippen molar-refractivity contribution in [3.63, 3.8) is 0 Å². The number of piperazine rings is 1. The van der Waals surface area contributed by atoms with Crippen LogP contribution in [0.15, 0.2) is 42.9 Å². The fourth-order valence-electron chi connectivity index (χ4n) is 5.00. The van der Waals surface area contributed by atoms with E-state index in [1.807, 2.05) is 26.0 Å². The van der Waals surface area contributed by atoms with E-state index in [9.17, 15) is 4.79 Å². The number of likely N-dealkylation sites (N-methyl/N-ethyl adjacent to an activating group) is 1. The molecule has 4 aromatic heterocycles. The minimum atomic E-state index is -0.538. The number of amides is 1. The Balaban J connectivity index is 1.38. The van der Waals surface area contributed by atoms with Gasteiger partial charge in [0.1, 0.15) is 16.9 Å². The standard InChI is InChI=1S/C28H30FN9O/c1-16(2)11-22(39)32-18-12-17(13-30-14-18)25-24(29)23-20(15-31-25)35-36-27(23)28-33-19-5-4-6-21(26(19)34-28)38-9-7-37(3)8-10-38/h4-6,12-16H,7-11H2,1-3H3,(H,32,39)(H,33,34)(H,35,36). The van der Waals surface area contributed by atoms with E-state index < -0.39 is 5.82 Å². The molecule has 0 unspecified atom stereocenters. The van der Waals surface area contributed by atoms with E-state index in [2.05, 4.69) is 53.4 Å². The molecule has 11 heteroatoms. The Kier molecular flexibility index (Phi) is 6.43. The quantitative estimate of drug-likeness (QED) is 0.299. The lowest BCUT2D eigenvalue weighted by atomic mass is 10.1. The third-order valence-electron chi connectivity index (χ3n) is 6.99. The van der Waals surface area contributed by atoms with Crippen LogP contribution in [0.3, 0.4) is 0 Å². The molecule has 5 heterocycles. The zero-order chi connectivity index (χ0) is 27.1. The minimum absolute atomic E-state index is 0.117. The maximum absolute atomic E-state index is 16.1. The molecule has 39 heavy (non-hydrogen) atoms. The van der Waals surface area contributed by atoms with Crippen molar-refractivity contribution < 1.29 is 9.18 Å². The molecule has 0 bridgehead atoms. The van der Waals surface area contributed by atoms with Gasteiger partial charge < -0.3 is 20.1 Å². The Labute approximate surface area is 224 Å². The summed E-state index contributed by atoms with van der Waals surface area (Å²) >= 11 is 0. The monoisotopic (exact) mass is 527 g/mol. The number of nitrogens with zero attached hydrogens (tertiary/aromatic N) is 6. The van der Waals surface area contributed by atoms with Crippen molar-refractivity contribution in [3.8, 4) is 22.8 Å². The number of carbonyl (C=O) groups excluding carboxylic acids is 1. The van der Waals surface area contributed by atoms with Gasteiger partial charge in [0, 0.05) is 44.4 Å². The van der Waals surface area contributed by atoms with Crippen LogP contribution in [0.5, 0.6) is 0 Å². The predicted molar refractivity (Wildman–Crippen MR) is 150 cm³/mol. The van der Waals surface area contributed by atoms with E-state index in [-0.39, 0.29) is 22.9 Å². The number of nitrogens with one attached hydrogen (secondary N) is 3. The van der Waals surface area contributed by atoms with Gasteiger partial charge in [0.15, 0.2) is 11.6 Å². The molecule has 1 aliphatic heterocycles. The van der Waals surface area contributed by atoms with Crippen molar-refractivity contribution in [1.29, 1.82) is 0 Å². The van der Waals surface area contributed by atoms with Gasteiger partial charge in [0.25, 0.3) is 0 Å². The van der Waals surface area contributed by atoms with Gasteiger partial charge in [0.05, 0.1) is 40.2 Å². The number of H-pyrrole nitrogens is 2. The van der Waals surface area contributed by atoms with Gasteiger partial charge in [-0.2, -0.15) is 5.10 Å². The first kappa shape index (κ1) is 24.9. The van der Waals surface area contributed by atoms with Crippen molar-refractivity contribution in [2.24, 2.45) is 5.92 Å². The topological polar surface area (TPSA) is 119 Å². The first-order chi connectivity index (χ1) is 18.9. The van der Waals surface area contributed by atoms with Crippen LogP contribution in [0.2, 0.25) is 0 Å². The summed E-state index contributed by atoms with van der Waals surface area (Å²) in [5.74, 6) is 0.0361. The number of hydrogen-bond donors (Lipinski definition) is 3. The molecule has 6 rings (SSSR count). The number of anilines is 2. The molecule has 3 N–H and O–H groups in total. The fourth-order valence-corrected chi connectivity index (χ4v) is 5.00. The number of aromatic nitrogens is 6. The van der Waals surface area contributed by atoms with E-state index in [1.165, 1.54) is 12.4 Å². The zero-order valence-electron chi connectivity index (χ0n) is 22.1. The summed E-state index contributed by atoms with van der Waals surface area (Å²) < 4.78 is 16.1. The summed E-state index contributed by atoms with van der Waals surface area (Å²) in [4.78, 5) is 33.6. The first-order valence-corrected chi connectivity index (χ1v) is 13.1. The SMILES string of the molecule is CC(C)CC(=O)Nc1cncc(-c2ncc3[nH]nc(-c4nc5c(N6CCN(C)CC6)cccc5[nH]4)c3c2F)c1. The number of carbonyl (C=O) groups is 1. The maximum atomic E-state index is 16.1. The lowest BCUT2D eigenvalue weighted by Gasteiger charge is -2.34. The summed E-state index contributed by atoms with van der Waals surface area (Å²) in [6, 6.07) is 7.71. The number of fused-ring (bicyclic) bond motifs is 2. The molecule has 0 spiro atoms. The molecule has 1 aliphatic rings. The van der Waals surface area contributed by atoms with Crippen molar-refractivity contribution in [2.75, 3.05) is 43.4 Å². The average molecular weight is 528 g/mol. The minimum Gasteiger partial charge on any atom is -0.367 e. The van der Waals surface area contributed by atoms with Crippen molar-refractivity contribution in [2.45, 2.75) is 20.3 Å². The van der Waals surface area contributed by atoms with Crippen molar-refractivity contribution in [1.82, 2.24) is 35.0 Å². The largest absolute Gasteiger partial charge is 0.367 e. The average Bonchev–Trinajstić information content (AvgIpc) is 3.54. The molecule has 5 aromatic rings. The van der Waals surface area contributed by atoms with Crippen LogP contribution in [0, 0.1) is 11.7 Å². The second kappa shape index (κ2) is 10.1.